The molecule has 0 fully saturated rings. The number of hydrogen-bond acceptors (Lipinski definition) is 6. The molecule has 0 saturated carbocycles. The van der Waals surface area contributed by atoms with Crippen LogP contribution in [0, 0.1) is 5.82 Å². The lowest BCUT2D eigenvalue weighted by Crippen LogP contribution is -2.28. The van der Waals surface area contributed by atoms with Gasteiger partial charge in [-0.3, -0.25) is 4.79 Å². The molecule has 2 heterocycles. The molecule has 25 heavy (non-hydrogen) atoms. The van der Waals surface area contributed by atoms with E-state index in [1.807, 2.05) is 17.5 Å². The van der Waals surface area contributed by atoms with Gasteiger partial charge in [-0.25, -0.2) is 9.07 Å². The lowest BCUT2D eigenvalue weighted by Gasteiger charge is -2.17. The number of thiophene rings is 1. The van der Waals surface area contributed by atoms with Crippen LogP contribution in [0.1, 0.15) is 10.4 Å². The van der Waals surface area contributed by atoms with Crippen molar-refractivity contribution in [3.8, 4) is 0 Å². The van der Waals surface area contributed by atoms with E-state index in [1.165, 1.54) is 22.7 Å². The van der Waals surface area contributed by atoms with E-state index >= 15 is 0 Å². The summed E-state index contributed by atoms with van der Waals surface area (Å²) in [5.41, 5.74) is 0.492. The molecule has 0 bridgehead atoms. The van der Waals surface area contributed by atoms with E-state index in [1.54, 1.807) is 41.3 Å². The minimum atomic E-state index is -0.310. The van der Waals surface area contributed by atoms with Gasteiger partial charge in [0, 0.05) is 24.0 Å². The first-order valence-electron chi connectivity index (χ1n) is 7.52. The molecule has 3 aromatic rings. The van der Waals surface area contributed by atoms with Crippen LogP contribution in [-0.2, 0) is 17.9 Å². The highest BCUT2D eigenvalue weighted by molar-refractivity contribution is 7.99. The Morgan fingerprint density at radius 2 is 2.16 bits per heavy atom. The molecule has 6 nitrogen and oxygen atoms in total. The summed E-state index contributed by atoms with van der Waals surface area (Å²) < 4.78 is 15.4. The SMILES string of the molecule is CN(Cc1ccccc1F)C(=O)CSc1nnnn1Cc1cccs1. The van der Waals surface area contributed by atoms with Crippen LogP contribution in [0.2, 0.25) is 0 Å². The summed E-state index contributed by atoms with van der Waals surface area (Å²) >= 11 is 2.90. The highest BCUT2D eigenvalue weighted by atomic mass is 32.2. The molecule has 0 spiro atoms. The van der Waals surface area contributed by atoms with Crippen molar-refractivity contribution in [3.05, 3.63) is 58.0 Å². The maximum atomic E-state index is 13.7. The van der Waals surface area contributed by atoms with Crippen LogP contribution in [0.3, 0.4) is 0 Å². The quantitative estimate of drug-likeness (QED) is 0.593. The Morgan fingerprint density at radius 3 is 2.92 bits per heavy atom. The minimum absolute atomic E-state index is 0.112. The molecule has 0 atom stereocenters. The van der Waals surface area contributed by atoms with E-state index in [4.69, 9.17) is 0 Å². The molecule has 0 radical (unpaired) electrons. The van der Waals surface area contributed by atoms with Crippen molar-refractivity contribution in [2.45, 2.75) is 18.2 Å². The van der Waals surface area contributed by atoms with Crippen LogP contribution >= 0.6 is 23.1 Å². The van der Waals surface area contributed by atoms with Crippen LogP contribution in [0.4, 0.5) is 4.39 Å². The molecule has 0 aliphatic rings. The fraction of sp³-hybridized carbons (Fsp3) is 0.250. The second-order valence-electron chi connectivity index (χ2n) is 5.33. The third kappa shape index (κ3) is 4.64. The Labute approximate surface area is 152 Å². The summed E-state index contributed by atoms with van der Waals surface area (Å²) in [4.78, 5) is 14.9. The highest BCUT2D eigenvalue weighted by Gasteiger charge is 2.15. The zero-order valence-corrected chi connectivity index (χ0v) is 15.1. The van der Waals surface area contributed by atoms with E-state index in [9.17, 15) is 9.18 Å². The van der Waals surface area contributed by atoms with E-state index in [2.05, 4.69) is 15.5 Å². The van der Waals surface area contributed by atoms with Crippen LogP contribution in [0.15, 0.2) is 46.9 Å². The number of hydrogen-bond donors (Lipinski definition) is 0. The van der Waals surface area contributed by atoms with Crippen molar-refractivity contribution in [1.29, 1.82) is 0 Å². The normalized spacial score (nSPS) is 10.8. The van der Waals surface area contributed by atoms with Gasteiger partial charge >= 0.3 is 0 Å². The van der Waals surface area contributed by atoms with Gasteiger partial charge in [0.25, 0.3) is 0 Å². The third-order valence-corrected chi connectivity index (χ3v) is 5.30. The molecule has 1 amide bonds. The average Bonchev–Trinajstić information content (AvgIpc) is 3.27. The number of nitrogens with zero attached hydrogens (tertiary/aromatic N) is 5. The Bertz CT molecular complexity index is 837. The van der Waals surface area contributed by atoms with Crippen molar-refractivity contribution in [1.82, 2.24) is 25.1 Å². The second kappa shape index (κ2) is 8.21. The lowest BCUT2D eigenvalue weighted by atomic mass is 10.2. The molecule has 0 unspecified atom stereocenters. The standard InChI is InChI=1S/C16H16FN5OS2/c1-21(9-12-5-2-3-7-14(12)17)15(23)11-25-16-18-19-20-22(16)10-13-6-4-8-24-13/h2-8H,9-11H2,1H3. The van der Waals surface area contributed by atoms with Gasteiger partial charge < -0.3 is 4.90 Å². The second-order valence-corrected chi connectivity index (χ2v) is 7.30. The molecule has 3 rings (SSSR count). The largest absolute Gasteiger partial charge is 0.341 e. The summed E-state index contributed by atoms with van der Waals surface area (Å²) in [6.45, 7) is 0.804. The molecule has 130 valence electrons. The fourth-order valence-corrected chi connectivity index (χ4v) is 3.66. The summed E-state index contributed by atoms with van der Waals surface area (Å²) in [5, 5.41) is 14.2. The number of rotatable bonds is 7. The topological polar surface area (TPSA) is 63.9 Å². The van der Waals surface area contributed by atoms with Gasteiger partial charge in [-0.1, -0.05) is 36.0 Å². The van der Waals surface area contributed by atoms with E-state index < -0.39 is 0 Å². The van der Waals surface area contributed by atoms with Crippen LogP contribution in [0.5, 0.6) is 0 Å². The van der Waals surface area contributed by atoms with Crippen molar-refractivity contribution in [2.75, 3.05) is 12.8 Å². The molecular weight excluding hydrogens is 361 g/mol. The van der Waals surface area contributed by atoms with E-state index in [0.717, 1.165) is 4.88 Å². The predicted molar refractivity (Wildman–Crippen MR) is 94.8 cm³/mol. The zero-order chi connectivity index (χ0) is 17.6. The predicted octanol–water partition coefficient (Wildman–Crippen LogP) is 2.67. The van der Waals surface area contributed by atoms with Crippen molar-refractivity contribution in [2.24, 2.45) is 0 Å². The monoisotopic (exact) mass is 377 g/mol. The molecule has 0 N–H and O–H groups in total. The lowest BCUT2D eigenvalue weighted by molar-refractivity contribution is -0.127. The maximum absolute atomic E-state index is 13.7. The van der Waals surface area contributed by atoms with Crippen molar-refractivity contribution >= 4 is 29.0 Å². The van der Waals surface area contributed by atoms with Crippen LogP contribution in [0.25, 0.3) is 0 Å². The Balaban J connectivity index is 1.55. The molecule has 9 heteroatoms. The van der Waals surface area contributed by atoms with E-state index in [-0.39, 0.29) is 24.0 Å². The zero-order valence-electron chi connectivity index (χ0n) is 13.5. The van der Waals surface area contributed by atoms with Gasteiger partial charge in [0.2, 0.25) is 11.1 Å². The summed E-state index contributed by atoms with van der Waals surface area (Å²) in [5.74, 6) is -0.232. The fourth-order valence-electron chi connectivity index (χ4n) is 2.16. The molecular formula is C16H16FN5OS2. The smallest absolute Gasteiger partial charge is 0.233 e. The number of halogens is 1. The Morgan fingerprint density at radius 1 is 1.32 bits per heavy atom. The molecule has 2 aromatic heterocycles. The summed E-state index contributed by atoms with van der Waals surface area (Å²) in [7, 11) is 1.66. The number of amides is 1. The third-order valence-electron chi connectivity index (χ3n) is 3.50. The number of benzene rings is 1. The number of carbonyl (C=O) groups is 1. The van der Waals surface area contributed by atoms with E-state index in [0.29, 0.717) is 17.3 Å². The van der Waals surface area contributed by atoms with Crippen molar-refractivity contribution < 1.29 is 9.18 Å². The average molecular weight is 377 g/mol. The summed E-state index contributed by atoms with van der Waals surface area (Å²) in [6, 6.07) is 10.4. The Hall–Kier alpha value is -2.26. The number of tetrazole rings is 1. The van der Waals surface area contributed by atoms with Gasteiger partial charge in [0.05, 0.1) is 12.3 Å². The van der Waals surface area contributed by atoms with Gasteiger partial charge in [0.15, 0.2) is 0 Å². The van der Waals surface area contributed by atoms with Gasteiger partial charge in [0.1, 0.15) is 5.82 Å². The Kier molecular flexibility index (Phi) is 5.77. The first-order valence-corrected chi connectivity index (χ1v) is 9.38. The molecule has 0 saturated heterocycles. The van der Waals surface area contributed by atoms with Crippen LogP contribution in [-0.4, -0.2) is 43.8 Å². The van der Waals surface area contributed by atoms with Gasteiger partial charge in [-0.2, -0.15) is 0 Å². The molecule has 0 aliphatic heterocycles. The number of thioether (sulfide) groups is 1. The van der Waals surface area contributed by atoms with Gasteiger partial charge in [-0.15, -0.1) is 16.4 Å². The minimum Gasteiger partial charge on any atom is -0.341 e. The highest BCUT2D eigenvalue weighted by Crippen LogP contribution is 2.18. The van der Waals surface area contributed by atoms with Crippen molar-refractivity contribution in [3.63, 3.8) is 0 Å². The first kappa shape index (κ1) is 17.6. The molecule has 1 aromatic carbocycles. The summed E-state index contributed by atoms with van der Waals surface area (Å²) in [6.07, 6.45) is 0. The van der Waals surface area contributed by atoms with Gasteiger partial charge in [-0.05, 0) is 27.9 Å². The number of carbonyl (C=O) groups excluding carboxylic acids is 1. The first-order chi connectivity index (χ1) is 12.1. The maximum Gasteiger partial charge on any atom is 0.233 e. The molecule has 0 aliphatic carbocycles. The van der Waals surface area contributed by atoms with Crippen LogP contribution < -0.4 is 0 Å². The number of aromatic nitrogens is 4.